The van der Waals surface area contributed by atoms with Gasteiger partial charge in [0.05, 0.1) is 12.1 Å². The Hall–Kier alpha value is -0.650. The van der Waals surface area contributed by atoms with E-state index in [1.54, 1.807) is 0 Å². The summed E-state index contributed by atoms with van der Waals surface area (Å²) in [6.45, 7) is 5.80. The van der Waals surface area contributed by atoms with Crippen molar-refractivity contribution in [2.45, 2.75) is 57.6 Å². The minimum absolute atomic E-state index is 0.0445. The average molecular weight is 298 g/mol. The molecule has 2 atom stereocenters. The summed E-state index contributed by atoms with van der Waals surface area (Å²) in [7, 11) is 0. The number of aliphatic hydroxyl groups excluding tert-OH is 1. The summed E-state index contributed by atoms with van der Waals surface area (Å²) in [6.07, 6.45) is 6.23. The normalized spacial score (nSPS) is 25.0. The van der Waals surface area contributed by atoms with Crippen LogP contribution in [0.2, 0.25) is 0 Å². The molecular formula is C16H30N2O3. The number of likely N-dealkylation sites (tertiary alicyclic amines) is 1. The Morgan fingerprint density at radius 1 is 1.24 bits per heavy atom. The maximum atomic E-state index is 12.3. The van der Waals surface area contributed by atoms with E-state index in [9.17, 15) is 9.90 Å². The number of amides is 1. The highest BCUT2D eigenvalue weighted by Crippen LogP contribution is 2.18. The summed E-state index contributed by atoms with van der Waals surface area (Å²) < 4.78 is 5.30. The topological polar surface area (TPSA) is 61.8 Å². The van der Waals surface area contributed by atoms with Crippen molar-refractivity contribution in [3.8, 4) is 0 Å². The Kier molecular flexibility index (Phi) is 6.93. The molecule has 2 fully saturated rings. The second-order valence-corrected chi connectivity index (χ2v) is 6.39. The highest BCUT2D eigenvalue weighted by molar-refractivity contribution is 5.81. The molecule has 5 nitrogen and oxygen atoms in total. The maximum Gasteiger partial charge on any atom is 0.237 e. The molecule has 2 rings (SSSR count). The van der Waals surface area contributed by atoms with Crippen LogP contribution in [0.5, 0.6) is 0 Å². The first-order chi connectivity index (χ1) is 10.2. The Morgan fingerprint density at radius 3 is 2.48 bits per heavy atom. The summed E-state index contributed by atoms with van der Waals surface area (Å²) >= 11 is 0. The molecule has 0 aromatic rings. The molecule has 2 aliphatic heterocycles. The van der Waals surface area contributed by atoms with Gasteiger partial charge in [0.1, 0.15) is 0 Å². The van der Waals surface area contributed by atoms with Gasteiger partial charge in [0.15, 0.2) is 0 Å². The van der Waals surface area contributed by atoms with Gasteiger partial charge in [-0.3, -0.25) is 9.69 Å². The molecule has 0 unspecified atom stereocenters. The first kappa shape index (κ1) is 16.7. The summed E-state index contributed by atoms with van der Waals surface area (Å²) in [5.74, 6) is 0.301. The van der Waals surface area contributed by atoms with Crippen molar-refractivity contribution in [3.63, 3.8) is 0 Å². The fourth-order valence-corrected chi connectivity index (χ4v) is 3.27. The number of nitrogens with zero attached hydrogens (tertiary/aromatic N) is 1. The fourth-order valence-electron chi connectivity index (χ4n) is 3.27. The Labute approximate surface area is 128 Å². The predicted molar refractivity (Wildman–Crippen MR) is 82.1 cm³/mol. The van der Waals surface area contributed by atoms with Gasteiger partial charge in [-0.2, -0.15) is 0 Å². The number of ether oxygens (including phenoxy) is 1. The van der Waals surface area contributed by atoms with Crippen LogP contribution < -0.4 is 5.32 Å². The molecule has 0 bridgehead atoms. The van der Waals surface area contributed by atoms with Crippen molar-refractivity contribution >= 4 is 5.91 Å². The number of aliphatic hydroxyl groups is 1. The molecule has 0 spiro atoms. The Balaban J connectivity index is 1.72. The highest BCUT2D eigenvalue weighted by Gasteiger charge is 2.25. The molecular weight excluding hydrogens is 268 g/mol. The molecule has 0 aliphatic carbocycles. The monoisotopic (exact) mass is 298 g/mol. The van der Waals surface area contributed by atoms with Crippen LogP contribution in [-0.4, -0.2) is 60.9 Å². The molecule has 0 aromatic carbocycles. The molecule has 21 heavy (non-hydrogen) atoms. The zero-order valence-corrected chi connectivity index (χ0v) is 13.2. The van der Waals surface area contributed by atoms with Crippen LogP contribution in [0.4, 0.5) is 0 Å². The van der Waals surface area contributed by atoms with Crippen LogP contribution >= 0.6 is 0 Å². The third-order valence-corrected chi connectivity index (χ3v) is 4.86. The molecule has 122 valence electrons. The van der Waals surface area contributed by atoms with Gasteiger partial charge in [-0.25, -0.2) is 0 Å². The number of rotatable bonds is 5. The lowest BCUT2D eigenvalue weighted by molar-refractivity contribution is -0.126. The van der Waals surface area contributed by atoms with Gasteiger partial charge in [0.25, 0.3) is 0 Å². The maximum absolute atomic E-state index is 12.3. The van der Waals surface area contributed by atoms with E-state index >= 15 is 0 Å². The Morgan fingerprint density at radius 2 is 1.86 bits per heavy atom. The van der Waals surface area contributed by atoms with Crippen LogP contribution in [0.1, 0.15) is 45.4 Å². The number of nitrogens with one attached hydrogen (secondary N) is 1. The lowest BCUT2D eigenvalue weighted by Crippen LogP contribution is -2.48. The van der Waals surface area contributed by atoms with Gasteiger partial charge < -0.3 is 15.2 Å². The van der Waals surface area contributed by atoms with E-state index in [4.69, 9.17) is 4.74 Å². The lowest BCUT2D eigenvalue weighted by atomic mass is 9.94. The molecule has 5 heteroatoms. The van der Waals surface area contributed by atoms with E-state index in [2.05, 4.69) is 10.2 Å². The van der Waals surface area contributed by atoms with Gasteiger partial charge in [-0.15, -0.1) is 0 Å². The summed E-state index contributed by atoms with van der Waals surface area (Å²) in [5.41, 5.74) is 0. The molecule has 0 radical (unpaired) electrons. The van der Waals surface area contributed by atoms with Crippen molar-refractivity contribution in [3.05, 3.63) is 0 Å². The molecule has 1 amide bonds. The standard InChI is InChI=1S/C16H30N2O3/c1-13(18-8-4-2-3-5-9-18)16(20)17-12-15(19)14-6-10-21-11-7-14/h13-15,19H,2-12H2,1H3,(H,17,20)/t13-,15-/m1/s1. The minimum atomic E-state index is -0.450. The van der Waals surface area contributed by atoms with E-state index < -0.39 is 6.10 Å². The number of hydrogen-bond donors (Lipinski definition) is 2. The Bertz CT molecular complexity index is 311. The fraction of sp³-hybridized carbons (Fsp3) is 0.938. The molecule has 2 N–H and O–H groups in total. The van der Waals surface area contributed by atoms with Crippen molar-refractivity contribution in [1.29, 1.82) is 0 Å². The van der Waals surface area contributed by atoms with Gasteiger partial charge in [0.2, 0.25) is 5.91 Å². The van der Waals surface area contributed by atoms with Crippen LogP contribution in [0.25, 0.3) is 0 Å². The van der Waals surface area contributed by atoms with Crippen molar-refractivity contribution in [1.82, 2.24) is 10.2 Å². The van der Waals surface area contributed by atoms with Crippen molar-refractivity contribution < 1.29 is 14.6 Å². The summed E-state index contributed by atoms with van der Waals surface area (Å²) in [5, 5.41) is 13.1. The van der Waals surface area contributed by atoms with Crippen LogP contribution in [0.15, 0.2) is 0 Å². The smallest absolute Gasteiger partial charge is 0.237 e. The highest BCUT2D eigenvalue weighted by atomic mass is 16.5. The van der Waals surface area contributed by atoms with Crippen LogP contribution in [0, 0.1) is 5.92 Å². The van der Waals surface area contributed by atoms with Crippen LogP contribution in [-0.2, 0) is 9.53 Å². The number of carbonyl (C=O) groups excluding carboxylic acids is 1. The molecule has 2 aliphatic rings. The first-order valence-electron chi connectivity index (χ1n) is 8.46. The van der Waals surface area contributed by atoms with Gasteiger partial charge in [-0.1, -0.05) is 12.8 Å². The zero-order valence-electron chi connectivity index (χ0n) is 13.2. The number of carbonyl (C=O) groups is 1. The van der Waals surface area contributed by atoms with E-state index in [1.165, 1.54) is 25.7 Å². The van der Waals surface area contributed by atoms with E-state index in [0.29, 0.717) is 6.54 Å². The minimum Gasteiger partial charge on any atom is -0.391 e. The van der Waals surface area contributed by atoms with Gasteiger partial charge in [0, 0.05) is 19.8 Å². The number of hydrogen-bond acceptors (Lipinski definition) is 4. The summed E-state index contributed by atoms with van der Waals surface area (Å²) in [6, 6.07) is -0.0926. The van der Waals surface area contributed by atoms with E-state index in [-0.39, 0.29) is 17.9 Å². The second kappa shape index (κ2) is 8.71. The average Bonchev–Trinajstić information content (AvgIpc) is 2.81. The van der Waals surface area contributed by atoms with Gasteiger partial charge >= 0.3 is 0 Å². The second-order valence-electron chi connectivity index (χ2n) is 6.39. The van der Waals surface area contributed by atoms with E-state index in [0.717, 1.165) is 39.1 Å². The quantitative estimate of drug-likeness (QED) is 0.799. The third-order valence-electron chi connectivity index (χ3n) is 4.86. The van der Waals surface area contributed by atoms with Crippen LogP contribution in [0.3, 0.4) is 0 Å². The molecule has 0 aromatic heterocycles. The molecule has 0 saturated carbocycles. The largest absolute Gasteiger partial charge is 0.391 e. The van der Waals surface area contributed by atoms with Gasteiger partial charge in [-0.05, 0) is 51.6 Å². The van der Waals surface area contributed by atoms with Crippen molar-refractivity contribution in [2.75, 3.05) is 32.8 Å². The molecule has 2 heterocycles. The third kappa shape index (κ3) is 5.24. The van der Waals surface area contributed by atoms with Crippen molar-refractivity contribution in [2.24, 2.45) is 5.92 Å². The zero-order chi connectivity index (χ0) is 15.1. The SMILES string of the molecule is C[C@H](C(=O)NC[C@@H](O)C1CCOCC1)N1CCCCCC1. The molecule has 2 saturated heterocycles. The lowest BCUT2D eigenvalue weighted by Gasteiger charge is -2.29. The first-order valence-corrected chi connectivity index (χ1v) is 8.46. The van der Waals surface area contributed by atoms with E-state index in [1.807, 2.05) is 6.92 Å². The predicted octanol–water partition coefficient (Wildman–Crippen LogP) is 1.15. The summed E-state index contributed by atoms with van der Waals surface area (Å²) in [4.78, 5) is 14.5.